The molecule has 1 saturated heterocycles. The van der Waals surface area contributed by atoms with Crippen molar-refractivity contribution in [2.45, 2.75) is 38.8 Å². The Morgan fingerprint density at radius 3 is 2.90 bits per heavy atom. The van der Waals surface area contributed by atoms with E-state index in [1.165, 1.54) is 11.1 Å². The Morgan fingerprint density at radius 1 is 1.24 bits per heavy atom. The first-order chi connectivity index (χ1) is 14.1. The SMILES string of the molecule is C[C@H]1Cc2ccc([C@H](C)N3CCN(c4ncc5c(n4)CCNC5=O)CC3)cc2O1. The number of nitrogens with one attached hydrogen (secondary N) is 1. The fourth-order valence-electron chi connectivity index (χ4n) is 4.53. The van der Waals surface area contributed by atoms with E-state index >= 15 is 0 Å². The van der Waals surface area contributed by atoms with Crippen LogP contribution in [0.25, 0.3) is 0 Å². The zero-order valence-corrected chi connectivity index (χ0v) is 17.0. The third kappa shape index (κ3) is 3.44. The van der Waals surface area contributed by atoms with Crippen molar-refractivity contribution in [2.75, 3.05) is 37.6 Å². The minimum absolute atomic E-state index is 0.0656. The Labute approximate surface area is 171 Å². The van der Waals surface area contributed by atoms with Crippen LogP contribution in [0.3, 0.4) is 0 Å². The van der Waals surface area contributed by atoms with Crippen LogP contribution in [0.1, 0.15) is 47.1 Å². The number of benzene rings is 1. The molecule has 0 bridgehead atoms. The minimum Gasteiger partial charge on any atom is -0.490 e. The molecule has 0 radical (unpaired) electrons. The van der Waals surface area contributed by atoms with Gasteiger partial charge in [-0.15, -0.1) is 0 Å². The van der Waals surface area contributed by atoms with E-state index in [9.17, 15) is 4.79 Å². The van der Waals surface area contributed by atoms with Crippen LogP contribution in [0.5, 0.6) is 5.75 Å². The van der Waals surface area contributed by atoms with Crippen molar-refractivity contribution in [1.82, 2.24) is 20.2 Å². The van der Waals surface area contributed by atoms with E-state index in [4.69, 9.17) is 4.74 Å². The van der Waals surface area contributed by atoms with Crippen molar-refractivity contribution in [3.8, 4) is 5.75 Å². The molecule has 4 heterocycles. The molecule has 1 amide bonds. The topological polar surface area (TPSA) is 70.6 Å². The molecule has 1 fully saturated rings. The summed E-state index contributed by atoms with van der Waals surface area (Å²) in [6.45, 7) is 8.71. The van der Waals surface area contributed by atoms with Crippen LogP contribution in [0.15, 0.2) is 24.4 Å². The highest BCUT2D eigenvalue weighted by Gasteiger charge is 2.27. The maximum atomic E-state index is 11.9. The number of hydrogen-bond donors (Lipinski definition) is 1. The second kappa shape index (κ2) is 7.30. The summed E-state index contributed by atoms with van der Waals surface area (Å²) in [6, 6.07) is 7.02. The van der Waals surface area contributed by atoms with Gasteiger partial charge in [0.05, 0.1) is 11.3 Å². The van der Waals surface area contributed by atoms with E-state index in [0.29, 0.717) is 18.2 Å². The number of piperazine rings is 1. The lowest BCUT2D eigenvalue weighted by molar-refractivity contribution is 0.0944. The maximum Gasteiger partial charge on any atom is 0.254 e. The number of rotatable bonds is 3. The number of ether oxygens (including phenoxy) is 1. The van der Waals surface area contributed by atoms with Gasteiger partial charge in [0.25, 0.3) is 5.91 Å². The summed E-state index contributed by atoms with van der Waals surface area (Å²) in [5.74, 6) is 1.72. The van der Waals surface area contributed by atoms with Gasteiger partial charge in [0, 0.05) is 57.8 Å². The zero-order chi connectivity index (χ0) is 20.0. The summed E-state index contributed by atoms with van der Waals surface area (Å²) in [5.41, 5.74) is 4.10. The van der Waals surface area contributed by atoms with Crippen LogP contribution in [-0.2, 0) is 12.8 Å². The summed E-state index contributed by atoms with van der Waals surface area (Å²) in [7, 11) is 0. The molecular formula is C22H27N5O2. The Morgan fingerprint density at radius 2 is 2.07 bits per heavy atom. The van der Waals surface area contributed by atoms with Crippen molar-refractivity contribution in [3.05, 3.63) is 46.8 Å². The molecule has 0 saturated carbocycles. The summed E-state index contributed by atoms with van der Waals surface area (Å²) in [6.07, 6.45) is 3.73. The first-order valence-corrected chi connectivity index (χ1v) is 10.5. The summed E-state index contributed by atoms with van der Waals surface area (Å²) >= 11 is 0. The van der Waals surface area contributed by atoms with Crippen molar-refractivity contribution in [1.29, 1.82) is 0 Å². The molecule has 2 atom stereocenters. The van der Waals surface area contributed by atoms with Crippen LogP contribution >= 0.6 is 0 Å². The van der Waals surface area contributed by atoms with E-state index in [1.807, 2.05) is 0 Å². The summed E-state index contributed by atoms with van der Waals surface area (Å²) < 4.78 is 5.94. The van der Waals surface area contributed by atoms with Gasteiger partial charge < -0.3 is 15.0 Å². The molecule has 0 spiro atoms. The van der Waals surface area contributed by atoms with Crippen LogP contribution < -0.4 is 15.0 Å². The van der Waals surface area contributed by atoms with E-state index in [-0.39, 0.29) is 12.0 Å². The fourth-order valence-corrected chi connectivity index (χ4v) is 4.53. The smallest absolute Gasteiger partial charge is 0.254 e. The van der Waals surface area contributed by atoms with Crippen molar-refractivity contribution < 1.29 is 9.53 Å². The summed E-state index contributed by atoms with van der Waals surface area (Å²) in [5, 5.41) is 2.84. The lowest BCUT2D eigenvalue weighted by Gasteiger charge is -2.38. The number of aromatic nitrogens is 2. The molecule has 2 aromatic rings. The first-order valence-electron chi connectivity index (χ1n) is 10.5. The van der Waals surface area contributed by atoms with Gasteiger partial charge in [0.15, 0.2) is 0 Å². The number of fused-ring (bicyclic) bond motifs is 2. The Kier molecular flexibility index (Phi) is 4.62. The van der Waals surface area contributed by atoms with Gasteiger partial charge in [-0.2, -0.15) is 0 Å². The average molecular weight is 393 g/mol. The molecule has 0 unspecified atom stereocenters. The number of anilines is 1. The van der Waals surface area contributed by atoms with Gasteiger partial charge in [0.2, 0.25) is 5.95 Å². The average Bonchev–Trinajstić information content (AvgIpc) is 3.12. The van der Waals surface area contributed by atoms with Gasteiger partial charge in [0.1, 0.15) is 11.9 Å². The van der Waals surface area contributed by atoms with Crippen LogP contribution in [-0.4, -0.2) is 59.6 Å². The van der Waals surface area contributed by atoms with Crippen molar-refractivity contribution in [3.63, 3.8) is 0 Å². The van der Waals surface area contributed by atoms with Gasteiger partial charge in [-0.1, -0.05) is 12.1 Å². The van der Waals surface area contributed by atoms with Crippen LogP contribution in [0.2, 0.25) is 0 Å². The molecular weight excluding hydrogens is 366 g/mol. The van der Waals surface area contributed by atoms with Gasteiger partial charge in [-0.3, -0.25) is 9.69 Å². The normalized spacial score (nSPS) is 22.5. The standard InChI is InChI=1S/C22H27N5O2/c1-14-11-17-4-3-16(12-20(17)29-14)15(2)26-7-9-27(10-8-26)22-24-13-18-19(25-22)5-6-23-21(18)28/h3-4,12-15H,5-11H2,1-2H3,(H,23,28)/t14-,15-/m0/s1. The fraction of sp³-hybridized carbons (Fsp3) is 0.500. The van der Waals surface area contributed by atoms with E-state index in [1.54, 1.807) is 6.20 Å². The Bertz CT molecular complexity index is 939. The molecule has 7 heteroatoms. The zero-order valence-electron chi connectivity index (χ0n) is 17.0. The highest BCUT2D eigenvalue weighted by Crippen LogP contribution is 2.33. The Balaban J connectivity index is 1.25. The molecule has 1 N–H and O–H groups in total. The predicted octanol–water partition coefficient (Wildman–Crippen LogP) is 1.97. The van der Waals surface area contributed by atoms with Crippen molar-refractivity contribution >= 4 is 11.9 Å². The molecule has 152 valence electrons. The van der Waals surface area contributed by atoms with Gasteiger partial charge in [-0.05, 0) is 31.0 Å². The molecule has 1 aromatic carbocycles. The van der Waals surface area contributed by atoms with Crippen molar-refractivity contribution in [2.24, 2.45) is 0 Å². The van der Waals surface area contributed by atoms with E-state index in [2.05, 4.69) is 57.1 Å². The monoisotopic (exact) mass is 393 g/mol. The first kappa shape index (κ1) is 18.4. The minimum atomic E-state index is -0.0656. The predicted molar refractivity (Wildman–Crippen MR) is 111 cm³/mol. The van der Waals surface area contributed by atoms with Crippen LogP contribution in [0, 0.1) is 0 Å². The highest BCUT2D eigenvalue weighted by molar-refractivity contribution is 5.96. The molecule has 5 rings (SSSR count). The van der Waals surface area contributed by atoms with Crippen LogP contribution in [0.4, 0.5) is 5.95 Å². The summed E-state index contributed by atoms with van der Waals surface area (Å²) in [4.78, 5) is 25.8. The molecule has 0 aliphatic carbocycles. The van der Waals surface area contributed by atoms with E-state index < -0.39 is 0 Å². The molecule has 3 aliphatic rings. The lowest BCUT2D eigenvalue weighted by atomic mass is 10.0. The second-order valence-electron chi connectivity index (χ2n) is 8.24. The third-order valence-corrected chi connectivity index (χ3v) is 6.30. The third-order valence-electron chi connectivity index (χ3n) is 6.30. The molecule has 7 nitrogen and oxygen atoms in total. The number of hydrogen-bond acceptors (Lipinski definition) is 6. The van der Waals surface area contributed by atoms with Gasteiger partial charge in [-0.25, -0.2) is 9.97 Å². The van der Waals surface area contributed by atoms with Gasteiger partial charge >= 0.3 is 0 Å². The molecule has 1 aromatic heterocycles. The number of carbonyl (C=O) groups is 1. The number of carbonyl (C=O) groups excluding carboxylic acids is 1. The highest BCUT2D eigenvalue weighted by atomic mass is 16.5. The molecule has 3 aliphatic heterocycles. The maximum absolute atomic E-state index is 11.9. The largest absolute Gasteiger partial charge is 0.490 e. The Hall–Kier alpha value is -2.67. The quantitative estimate of drug-likeness (QED) is 0.860. The lowest BCUT2D eigenvalue weighted by Crippen LogP contribution is -2.48. The number of nitrogens with zero attached hydrogens (tertiary/aromatic N) is 4. The second-order valence-corrected chi connectivity index (χ2v) is 8.24. The number of amides is 1. The molecule has 29 heavy (non-hydrogen) atoms. The van der Waals surface area contributed by atoms with E-state index in [0.717, 1.165) is 56.4 Å².